The third-order valence-corrected chi connectivity index (χ3v) is 4.52. The molecule has 146 valence electrons. The van der Waals surface area contributed by atoms with Gasteiger partial charge in [-0.05, 0) is 36.8 Å². The first kappa shape index (κ1) is 19.9. The minimum atomic E-state index is -0.404. The van der Waals surface area contributed by atoms with Gasteiger partial charge in [-0.25, -0.2) is 0 Å². The standard InChI is InChI=1S/C21H21ClN2O4/c1-3-28-17-7-5-4-6-16(17)23-19-18(14-8-10-15(22)11-9-14)20(25)24(21(19)26)12-13-27-2/h4-11,23H,3,12-13H2,1-2H3. The van der Waals surface area contributed by atoms with Crippen molar-refractivity contribution in [2.24, 2.45) is 0 Å². The topological polar surface area (TPSA) is 67.9 Å². The molecule has 1 N–H and O–H groups in total. The third-order valence-electron chi connectivity index (χ3n) is 4.27. The van der Waals surface area contributed by atoms with E-state index >= 15 is 0 Å². The molecule has 0 atom stereocenters. The zero-order chi connectivity index (χ0) is 20.1. The minimum Gasteiger partial charge on any atom is -0.492 e. The van der Waals surface area contributed by atoms with Crippen LogP contribution in [0, 0.1) is 0 Å². The van der Waals surface area contributed by atoms with Crippen LogP contribution in [0.3, 0.4) is 0 Å². The summed E-state index contributed by atoms with van der Waals surface area (Å²) in [5.41, 5.74) is 1.72. The second-order valence-electron chi connectivity index (χ2n) is 6.07. The number of hydrogen-bond acceptors (Lipinski definition) is 5. The van der Waals surface area contributed by atoms with Crippen LogP contribution >= 0.6 is 11.6 Å². The van der Waals surface area contributed by atoms with Crippen molar-refractivity contribution in [1.82, 2.24) is 4.90 Å². The van der Waals surface area contributed by atoms with E-state index in [1.807, 2.05) is 19.1 Å². The Morgan fingerprint density at radius 3 is 2.43 bits per heavy atom. The molecule has 7 heteroatoms. The predicted octanol–water partition coefficient (Wildman–Crippen LogP) is 3.58. The number of hydrogen-bond donors (Lipinski definition) is 1. The van der Waals surface area contributed by atoms with Crippen LogP contribution < -0.4 is 10.1 Å². The molecule has 0 radical (unpaired) electrons. The number of nitrogens with zero attached hydrogens (tertiary/aromatic N) is 1. The van der Waals surface area contributed by atoms with E-state index in [4.69, 9.17) is 21.1 Å². The van der Waals surface area contributed by atoms with Crippen LogP contribution in [-0.2, 0) is 14.3 Å². The Kier molecular flexibility index (Phi) is 6.34. The van der Waals surface area contributed by atoms with E-state index in [0.29, 0.717) is 34.2 Å². The lowest BCUT2D eigenvalue weighted by Crippen LogP contribution is -2.35. The Balaban J connectivity index is 2.04. The summed E-state index contributed by atoms with van der Waals surface area (Å²) in [4.78, 5) is 27.2. The van der Waals surface area contributed by atoms with Gasteiger partial charge < -0.3 is 14.8 Å². The van der Waals surface area contributed by atoms with E-state index in [1.165, 1.54) is 12.0 Å². The Morgan fingerprint density at radius 2 is 1.75 bits per heavy atom. The zero-order valence-corrected chi connectivity index (χ0v) is 16.5. The quantitative estimate of drug-likeness (QED) is 0.686. The van der Waals surface area contributed by atoms with E-state index in [9.17, 15) is 9.59 Å². The largest absolute Gasteiger partial charge is 0.492 e. The monoisotopic (exact) mass is 400 g/mol. The molecule has 6 nitrogen and oxygen atoms in total. The second-order valence-corrected chi connectivity index (χ2v) is 6.50. The van der Waals surface area contributed by atoms with Crippen LogP contribution in [-0.4, -0.2) is 43.6 Å². The SMILES string of the molecule is CCOc1ccccc1NC1=C(c2ccc(Cl)cc2)C(=O)N(CCOC)C1=O. The number of anilines is 1. The molecule has 1 aliphatic rings. The molecule has 2 aromatic carbocycles. The smallest absolute Gasteiger partial charge is 0.278 e. The number of imide groups is 1. The Labute approximate surface area is 168 Å². The number of benzene rings is 2. The number of amides is 2. The lowest BCUT2D eigenvalue weighted by molar-refractivity contribution is -0.137. The average Bonchev–Trinajstić information content (AvgIpc) is 2.92. The molecule has 0 unspecified atom stereocenters. The summed E-state index contributed by atoms with van der Waals surface area (Å²) in [5, 5.41) is 3.66. The Bertz CT molecular complexity index is 909. The van der Waals surface area contributed by atoms with E-state index in [2.05, 4.69) is 5.32 Å². The maximum absolute atomic E-state index is 13.0. The number of carbonyl (C=O) groups is 2. The number of methoxy groups -OCH3 is 1. The first-order chi connectivity index (χ1) is 13.6. The van der Waals surface area contributed by atoms with Crippen LogP contribution in [0.15, 0.2) is 54.2 Å². The summed E-state index contributed by atoms with van der Waals surface area (Å²) in [6.45, 7) is 2.79. The van der Waals surface area contributed by atoms with E-state index in [0.717, 1.165) is 0 Å². The fourth-order valence-corrected chi connectivity index (χ4v) is 3.07. The molecule has 0 saturated heterocycles. The highest BCUT2D eigenvalue weighted by Crippen LogP contribution is 2.33. The van der Waals surface area contributed by atoms with Crippen molar-refractivity contribution >= 4 is 34.7 Å². The summed E-state index contributed by atoms with van der Waals surface area (Å²) >= 11 is 5.98. The number of carbonyl (C=O) groups excluding carboxylic acids is 2. The lowest BCUT2D eigenvalue weighted by atomic mass is 10.0. The van der Waals surface area contributed by atoms with Crippen molar-refractivity contribution in [2.75, 3.05) is 32.2 Å². The van der Waals surface area contributed by atoms with Crippen molar-refractivity contribution < 1.29 is 19.1 Å². The van der Waals surface area contributed by atoms with Gasteiger partial charge in [-0.1, -0.05) is 35.9 Å². The van der Waals surface area contributed by atoms with Crippen LogP contribution in [0.2, 0.25) is 5.02 Å². The third kappa shape index (κ3) is 4.03. The highest BCUT2D eigenvalue weighted by Gasteiger charge is 2.39. The van der Waals surface area contributed by atoms with Crippen molar-refractivity contribution in [2.45, 2.75) is 6.92 Å². The molecule has 1 aliphatic heterocycles. The fraction of sp³-hybridized carbons (Fsp3) is 0.238. The molecule has 0 saturated carbocycles. The second kappa shape index (κ2) is 8.91. The van der Waals surface area contributed by atoms with Gasteiger partial charge >= 0.3 is 0 Å². The highest BCUT2D eigenvalue weighted by atomic mass is 35.5. The number of nitrogens with one attached hydrogen (secondary N) is 1. The average molecular weight is 401 g/mol. The van der Waals surface area contributed by atoms with Gasteiger partial charge in [0.25, 0.3) is 11.8 Å². The highest BCUT2D eigenvalue weighted by molar-refractivity contribution is 6.37. The minimum absolute atomic E-state index is 0.170. The van der Waals surface area contributed by atoms with Gasteiger partial charge in [0.1, 0.15) is 11.4 Å². The summed E-state index contributed by atoms with van der Waals surface area (Å²) in [7, 11) is 1.52. The van der Waals surface area contributed by atoms with E-state index in [-0.39, 0.29) is 24.8 Å². The fourth-order valence-electron chi connectivity index (χ4n) is 2.95. The first-order valence-electron chi connectivity index (χ1n) is 8.91. The molecule has 2 aromatic rings. The van der Waals surface area contributed by atoms with Crippen LogP contribution in [0.1, 0.15) is 12.5 Å². The number of ether oxygens (including phenoxy) is 2. The molecule has 0 aromatic heterocycles. The molecule has 0 aliphatic carbocycles. The summed E-state index contributed by atoms with van der Waals surface area (Å²) < 4.78 is 10.7. The first-order valence-corrected chi connectivity index (χ1v) is 9.28. The van der Waals surface area contributed by atoms with Crippen molar-refractivity contribution in [3.63, 3.8) is 0 Å². The maximum Gasteiger partial charge on any atom is 0.278 e. The molecular weight excluding hydrogens is 380 g/mol. The normalized spacial score (nSPS) is 14.0. The van der Waals surface area contributed by atoms with Crippen LogP contribution in [0.25, 0.3) is 5.57 Å². The maximum atomic E-state index is 13.0. The molecule has 0 fully saturated rings. The predicted molar refractivity (Wildman–Crippen MR) is 108 cm³/mol. The van der Waals surface area contributed by atoms with Crippen molar-refractivity contribution in [3.05, 3.63) is 64.8 Å². The van der Waals surface area contributed by atoms with Crippen molar-refractivity contribution in [1.29, 1.82) is 0 Å². The molecule has 2 amide bonds. The van der Waals surface area contributed by atoms with Gasteiger partial charge in [0.2, 0.25) is 0 Å². The summed E-state index contributed by atoms with van der Waals surface area (Å²) in [5.74, 6) is -0.178. The van der Waals surface area contributed by atoms with Gasteiger partial charge in [-0.2, -0.15) is 0 Å². The van der Waals surface area contributed by atoms with Gasteiger partial charge in [0.15, 0.2) is 0 Å². The van der Waals surface area contributed by atoms with Gasteiger partial charge in [0.05, 0.1) is 31.0 Å². The van der Waals surface area contributed by atoms with Crippen LogP contribution in [0.5, 0.6) is 5.75 Å². The molecule has 0 bridgehead atoms. The molecule has 3 rings (SSSR count). The van der Waals surface area contributed by atoms with Gasteiger partial charge in [-0.3, -0.25) is 14.5 Å². The number of halogens is 1. The Hall–Kier alpha value is -2.83. The number of para-hydroxylation sites is 2. The molecule has 1 heterocycles. The summed E-state index contributed by atoms with van der Waals surface area (Å²) in [6, 6.07) is 14.1. The van der Waals surface area contributed by atoms with E-state index in [1.54, 1.807) is 36.4 Å². The lowest BCUT2D eigenvalue weighted by Gasteiger charge is -2.15. The van der Waals surface area contributed by atoms with Crippen molar-refractivity contribution in [3.8, 4) is 5.75 Å². The van der Waals surface area contributed by atoms with Crippen LogP contribution in [0.4, 0.5) is 5.69 Å². The molecule has 28 heavy (non-hydrogen) atoms. The zero-order valence-electron chi connectivity index (χ0n) is 15.7. The number of rotatable bonds is 8. The van der Waals surface area contributed by atoms with Gasteiger partial charge in [0, 0.05) is 12.1 Å². The molecule has 0 spiro atoms. The van der Waals surface area contributed by atoms with E-state index < -0.39 is 5.91 Å². The van der Waals surface area contributed by atoms with Gasteiger partial charge in [-0.15, -0.1) is 0 Å². The Morgan fingerprint density at radius 1 is 1.04 bits per heavy atom. The molecular formula is C21H21ClN2O4. The summed E-state index contributed by atoms with van der Waals surface area (Å²) in [6.07, 6.45) is 0.